The quantitative estimate of drug-likeness (QED) is 0.165. The number of rotatable bonds is 12. The molecule has 16 heteroatoms. The molecule has 2 atom stereocenters. The monoisotopic (exact) mass is 304 g/mol. The van der Waals surface area contributed by atoms with Crippen LogP contribution in [-0.4, -0.2) is 40.9 Å². The molecule has 0 saturated carbocycles. The maximum Gasteiger partial charge on any atom is 0.480 e. The maximum absolute atomic E-state index is 10.9. The Morgan fingerprint density at radius 1 is 0.850 bits per heavy atom. The van der Waals surface area contributed by atoms with Crippen LogP contribution in [0.15, 0.2) is 0 Å². The van der Waals surface area contributed by atoms with Crippen molar-refractivity contribution in [1.29, 1.82) is 0 Å². The van der Waals surface area contributed by atoms with Crippen molar-refractivity contribution in [3.63, 3.8) is 0 Å². The highest BCUT2D eigenvalue weighted by Crippen LogP contribution is 1.93. The standard InChI is InChI=1S/C4H10N5O11/c5-3(1-15-19-7(10)11)17-9(14)18-4(6)2-16-20-8(12)13/h3-4H,1-2,5-6H2/q+1. The lowest BCUT2D eigenvalue weighted by Gasteiger charge is -2.06. The Hall–Kier alpha value is -2.56. The van der Waals surface area contributed by atoms with Gasteiger partial charge in [0.25, 0.3) is 12.5 Å². The van der Waals surface area contributed by atoms with E-state index in [1.165, 1.54) is 0 Å². The van der Waals surface area contributed by atoms with Crippen molar-refractivity contribution in [1.82, 2.24) is 0 Å². The van der Waals surface area contributed by atoms with E-state index in [-0.39, 0.29) is 0 Å². The molecule has 0 aromatic heterocycles. The molecule has 20 heavy (non-hydrogen) atoms. The Balaban J connectivity index is 3.74. The highest BCUT2D eigenvalue weighted by Gasteiger charge is 2.24. The van der Waals surface area contributed by atoms with Crippen molar-refractivity contribution in [3.05, 3.63) is 25.1 Å². The zero-order valence-electron chi connectivity index (χ0n) is 9.56. The lowest BCUT2D eigenvalue weighted by Crippen LogP contribution is -2.38. The van der Waals surface area contributed by atoms with Crippen LogP contribution in [0, 0.1) is 25.1 Å². The Bertz CT molecular complexity index is 307. The summed E-state index contributed by atoms with van der Waals surface area (Å²) in [6.07, 6.45) is -2.95. The summed E-state index contributed by atoms with van der Waals surface area (Å²) in [5, 5.41) is 16.3. The van der Waals surface area contributed by atoms with Crippen LogP contribution in [0.25, 0.3) is 0 Å². The fourth-order valence-electron chi connectivity index (χ4n) is 0.588. The molecular formula is C4H10N5O11+. The minimum Gasteiger partial charge on any atom is -0.288 e. The SMILES string of the molecule is NC(COO[N+](=O)[O-])O[N+](=O)OC(N)COO[N+](=O)[O-]. The van der Waals surface area contributed by atoms with E-state index in [0.29, 0.717) is 0 Å². The van der Waals surface area contributed by atoms with E-state index < -0.39 is 40.9 Å². The average Bonchev–Trinajstić information content (AvgIpc) is 2.26. The second kappa shape index (κ2) is 9.38. The van der Waals surface area contributed by atoms with Crippen molar-refractivity contribution in [3.8, 4) is 0 Å². The van der Waals surface area contributed by atoms with Gasteiger partial charge in [0, 0.05) is 0 Å². The van der Waals surface area contributed by atoms with Gasteiger partial charge in [-0.1, -0.05) is 0 Å². The Morgan fingerprint density at radius 2 is 1.20 bits per heavy atom. The molecule has 0 aromatic rings. The highest BCUT2D eigenvalue weighted by molar-refractivity contribution is 4.37. The number of nitrogens with zero attached hydrogens (tertiary/aromatic N) is 3. The molecular weight excluding hydrogens is 294 g/mol. The van der Waals surface area contributed by atoms with E-state index in [2.05, 4.69) is 29.4 Å². The summed E-state index contributed by atoms with van der Waals surface area (Å²) in [5.41, 5.74) is 10.2. The topological polar surface area (TPSA) is 214 Å². The molecule has 0 radical (unpaired) electrons. The summed E-state index contributed by atoms with van der Waals surface area (Å²) < 4.78 is 0. The first-order valence-corrected chi connectivity index (χ1v) is 4.51. The fourth-order valence-corrected chi connectivity index (χ4v) is 0.588. The first-order valence-electron chi connectivity index (χ1n) is 4.51. The summed E-state index contributed by atoms with van der Waals surface area (Å²) in [4.78, 5) is 53.5. The van der Waals surface area contributed by atoms with Crippen LogP contribution in [0.2, 0.25) is 0 Å². The minimum absolute atomic E-state index is 0.555. The molecule has 0 spiro atoms. The van der Waals surface area contributed by atoms with Crippen LogP contribution in [0.4, 0.5) is 0 Å². The second-order valence-electron chi connectivity index (χ2n) is 2.68. The lowest BCUT2D eigenvalue weighted by atomic mass is 10.6. The van der Waals surface area contributed by atoms with Gasteiger partial charge in [-0.3, -0.25) is 11.5 Å². The van der Waals surface area contributed by atoms with E-state index in [4.69, 9.17) is 11.5 Å². The highest BCUT2D eigenvalue weighted by atomic mass is 17.3. The van der Waals surface area contributed by atoms with Gasteiger partial charge in [-0.15, -0.1) is 30.2 Å². The molecule has 0 aliphatic heterocycles. The molecule has 0 bridgehead atoms. The summed E-state index contributed by atoms with van der Waals surface area (Å²) in [7, 11) is 0. The van der Waals surface area contributed by atoms with Crippen molar-refractivity contribution < 1.29 is 44.7 Å². The lowest BCUT2D eigenvalue weighted by molar-refractivity contribution is -0.994. The first-order chi connectivity index (χ1) is 9.31. The maximum atomic E-state index is 10.9. The van der Waals surface area contributed by atoms with Gasteiger partial charge >= 0.3 is 15.3 Å². The molecule has 16 nitrogen and oxygen atoms in total. The molecule has 2 unspecified atom stereocenters. The van der Waals surface area contributed by atoms with Gasteiger partial charge in [0.2, 0.25) is 0 Å². The molecule has 0 heterocycles. The van der Waals surface area contributed by atoms with Crippen molar-refractivity contribution in [2.45, 2.75) is 12.5 Å². The van der Waals surface area contributed by atoms with Crippen molar-refractivity contribution in [2.24, 2.45) is 11.5 Å². The Morgan fingerprint density at radius 3 is 1.50 bits per heavy atom. The minimum atomic E-state index is -1.48. The van der Waals surface area contributed by atoms with Gasteiger partial charge in [0.15, 0.2) is 0 Å². The number of nitrogens with two attached hydrogens (primary N) is 2. The molecule has 0 fully saturated rings. The van der Waals surface area contributed by atoms with Gasteiger partial charge in [-0.2, -0.15) is 19.5 Å². The van der Waals surface area contributed by atoms with Gasteiger partial charge < -0.3 is 0 Å². The smallest absolute Gasteiger partial charge is 0.288 e. The van der Waals surface area contributed by atoms with E-state index in [1.54, 1.807) is 0 Å². The zero-order valence-corrected chi connectivity index (χ0v) is 9.56. The van der Waals surface area contributed by atoms with Crippen LogP contribution in [0.3, 0.4) is 0 Å². The summed E-state index contributed by atoms with van der Waals surface area (Å²) in [5.74, 6) is 0. The molecule has 0 aromatic carbocycles. The van der Waals surface area contributed by atoms with Gasteiger partial charge in [-0.25, -0.2) is 0 Å². The largest absolute Gasteiger partial charge is 0.480 e. The third-order valence-corrected chi connectivity index (χ3v) is 1.13. The second-order valence-corrected chi connectivity index (χ2v) is 2.68. The van der Waals surface area contributed by atoms with Gasteiger partial charge in [0.05, 0.1) is 0 Å². The normalized spacial score (nSPS) is 12.9. The molecule has 0 aliphatic rings. The van der Waals surface area contributed by atoms with Crippen molar-refractivity contribution in [2.75, 3.05) is 13.2 Å². The molecule has 0 saturated heterocycles. The fraction of sp³-hybridized carbons (Fsp3) is 1.00. The molecule has 0 aliphatic carbocycles. The zero-order chi connectivity index (χ0) is 15.5. The summed E-state index contributed by atoms with van der Waals surface area (Å²) in [6.45, 7) is -1.36. The Kier molecular flexibility index (Phi) is 8.18. The average molecular weight is 304 g/mol. The first kappa shape index (κ1) is 17.4. The van der Waals surface area contributed by atoms with Gasteiger partial charge in [0.1, 0.15) is 18.1 Å². The predicted molar refractivity (Wildman–Crippen MR) is 49.8 cm³/mol. The van der Waals surface area contributed by atoms with Crippen LogP contribution >= 0.6 is 0 Å². The number of hydrogen-bond donors (Lipinski definition) is 2. The van der Waals surface area contributed by atoms with Crippen LogP contribution < -0.4 is 11.5 Å². The Labute approximate surface area is 108 Å². The van der Waals surface area contributed by atoms with Crippen LogP contribution in [0.5, 0.6) is 0 Å². The summed E-state index contributed by atoms with van der Waals surface area (Å²) >= 11 is 0. The molecule has 116 valence electrons. The number of hydrogen-bond acceptors (Lipinski definition) is 13. The third-order valence-electron chi connectivity index (χ3n) is 1.13. The van der Waals surface area contributed by atoms with E-state index in [0.717, 1.165) is 0 Å². The predicted octanol–water partition coefficient (Wildman–Crippen LogP) is -2.52. The molecule has 0 rings (SSSR count). The van der Waals surface area contributed by atoms with Crippen LogP contribution in [0.1, 0.15) is 0 Å². The van der Waals surface area contributed by atoms with Crippen LogP contribution in [-0.2, 0) is 29.4 Å². The third kappa shape index (κ3) is 10.6. The summed E-state index contributed by atoms with van der Waals surface area (Å²) in [6, 6.07) is 0. The van der Waals surface area contributed by atoms with E-state index >= 15 is 0 Å². The van der Waals surface area contributed by atoms with Crippen molar-refractivity contribution >= 4 is 0 Å². The molecule has 0 amide bonds. The molecule has 4 N–H and O–H groups in total. The van der Waals surface area contributed by atoms with E-state index in [1.807, 2.05) is 0 Å². The van der Waals surface area contributed by atoms with E-state index in [9.17, 15) is 25.1 Å². The van der Waals surface area contributed by atoms with Gasteiger partial charge in [-0.05, 0) is 0 Å².